The molecule has 1 saturated heterocycles. The van der Waals surface area contributed by atoms with Crippen LogP contribution in [0.25, 0.3) is 5.76 Å². The summed E-state index contributed by atoms with van der Waals surface area (Å²) in [5, 5.41) is 11.5. The predicted molar refractivity (Wildman–Crippen MR) is 139 cm³/mol. The van der Waals surface area contributed by atoms with E-state index < -0.39 is 23.7 Å². The number of aryl methyl sites for hydroxylation is 1. The van der Waals surface area contributed by atoms with Crippen LogP contribution in [-0.4, -0.2) is 44.2 Å². The number of benzene rings is 1. The number of aromatic amines is 1. The van der Waals surface area contributed by atoms with Crippen molar-refractivity contribution >= 4 is 23.4 Å². The van der Waals surface area contributed by atoms with Crippen LogP contribution in [0.3, 0.4) is 0 Å². The lowest BCUT2D eigenvalue weighted by atomic mass is 9.92. The highest BCUT2D eigenvalue weighted by molar-refractivity contribution is 6.46. The third kappa shape index (κ3) is 4.79. The summed E-state index contributed by atoms with van der Waals surface area (Å²) in [5.74, 6) is -2.06. The number of hydrogen-bond acceptors (Lipinski definition) is 6. The van der Waals surface area contributed by atoms with Gasteiger partial charge in [-0.25, -0.2) is 4.79 Å². The number of carbonyl (C=O) groups is 3. The van der Waals surface area contributed by atoms with Crippen molar-refractivity contribution in [3.05, 3.63) is 93.6 Å². The van der Waals surface area contributed by atoms with Gasteiger partial charge in [-0.05, 0) is 55.0 Å². The molecule has 1 aliphatic heterocycles. The normalized spacial score (nSPS) is 17.0. The number of Topliss-reactive ketones (excluding diaryl/α,β-unsaturated/α-hetero) is 1. The van der Waals surface area contributed by atoms with Gasteiger partial charge in [0.15, 0.2) is 0 Å². The Bertz CT molecular complexity index is 1370. The maximum Gasteiger partial charge on any atom is 0.355 e. The highest BCUT2D eigenvalue weighted by Gasteiger charge is 2.46. The molecular weight excluding hydrogens is 470 g/mol. The number of H-pyrrole nitrogens is 1. The van der Waals surface area contributed by atoms with E-state index in [-0.39, 0.29) is 30.2 Å². The van der Waals surface area contributed by atoms with E-state index >= 15 is 0 Å². The van der Waals surface area contributed by atoms with Gasteiger partial charge in [0.05, 0.1) is 18.2 Å². The molecule has 8 nitrogen and oxygen atoms in total. The number of pyridine rings is 1. The number of rotatable bonds is 7. The minimum absolute atomic E-state index is 0.0215. The molecule has 0 saturated carbocycles. The molecule has 37 heavy (non-hydrogen) atoms. The van der Waals surface area contributed by atoms with Crippen molar-refractivity contribution in [1.29, 1.82) is 0 Å². The molecule has 0 aliphatic carbocycles. The number of aromatic nitrogens is 2. The molecule has 3 heterocycles. The Balaban J connectivity index is 1.89. The number of amides is 1. The molecule has 3 aromatic rings. The van der Waals surface area contributed by atoms with Gasteiger partial charge in [0.1, 0.15) is 11.5 Å². The Hall–Kier alpha value is -4.20. The Morgan fingerprint density at radius 1 is 1.16 bits per heavy atom. The SMILES string of the molecule is CCOC(=O)c1[nH]c(C)c(C(O)=C2C(=O)C(=O)N(Cc3cccnc3)[C@@H]2c2ccc(C(C)C)cc2)c1C. The lowest BCUT2D eigenvalue weighted by Crippen LogP contribution is -2.29. The zero-order chi connectivity index (χ0) is 26.9. The fraction of sp³-hybridized carbons (Fsp3) is 0.310. The predicted octanol–water partition coefficient (Wildman–Crippen LogP) is 4.95. The van der Waals surface area contributed by atoms with Crippen LogP contribution in [0.4, 0.5) is 0 Å². The van der Waals surface area contributed by atoms with Gasteiger partial charge in [0, 0.05) is 30.2 Å². The second kappa shape index (κ2) is 10.4. The molecule has 4 rings (SSSR count). The third-order valence-electron chi connectivity index (χ3n) is 6.69. The van der Waals surface area contributed by atoms with Crippen molar-refractivity contribution in [3.8, 4) is 0 Å². The first kappa shape index (κ1) is 25.9. The molecule has 1 atom stereocenters. The van der Waals surface area contributed by atoms with E-state index in [1.807, 2.05) is 30.3 Å². The molecule has 2 aromatic heterocycles. The highest BCUT2D eigenvalue weighted by Crippen LogP contribution is 2.42. The number of aliphatic hydroxyl groups is 1. The van der Waals surface area contributed by atoms with E-state index in [0.29, 0.717) is 28.3 Å². The van der Waals surface area contributed by atoms with E-state index in [4.69, 9.17) is 4.74 Å². The highest BCUT2D eigenvalue weighted by atomic mass is 16.5. The Morgan fingerprint density at radius 2 is 1.86 bits per heavy atom. The number of nitrogens with one attached hydrogen (secondary N) is 1. The molecule has 2 N–H and O–H groups in total. The second-order valence-electron chi connectivity index (χ2n) is 9.46. The molecule has 1 aromatic carbocycles. The fourth-order valence-electron chi connectivity index (χ4n) is 4.79. The second-order valence-corrected chi connectivity index (χ2v) is 9.46. The van der Waals surface area contributed by atoms with E-state index in [2.05, 4.69) is 23.8 Å². The van der Waals surface area contributed by atoms with Crippen LogP contribution < -0.4 is 0 Å². The number of ketones is 1. The van der Waals surface area contributed by atoms with Crippen LogP contribution in [0.15, 0.2) is 54.4 Å². The summed E-state index contributed by atoms with van der Waals surface area (Å²) < 4.78 is 5.12. The van der Waals surface area contributed by atoms with E-state index in [0.717, 1.165) is 11.1 Å². The molecule has 0 bridgehead atoms. The molecule has 0 radical (unpaired) electrons. The average Bonchev–Trinajstić information content (AvgIpc) is 3.32. The summed E-state index contributed by atoms with van der Waals surface area (Å²) in [6, 6.07) is 10.5. The van der Waals surface area contributed by atoms with Crippen LogP contribution in [0.5, 0.6) is 0 Å². The first-order chi connectivity index (χ1) is 17.6. The van der Waals surface area contributed by atoms with Crippen molar-refractivity contribution < 1.29 is 24.2 Å². The molecule has 1 aliphatic rings. The van der Waals surface area contributed by atoms with Gasteiger partial charge in [0.25, 0.3) is 11.7 Å². The number of aliphatic hydroxyl groups excluding tert-OH is 1. The zero-order valence-electron chi connectivity index (χ0n) is 21.7. The molecule has 0 unspecified atom stereocenters. The van der Waals surface area contributed by atoms with Gasteiger partial charge in [0.2, 0.25) is 0 Å². The minimum Gasteiger partial charge on any atom is -0.507 e. The van der Waals surface area contributed by atoms with Gasteiger partial charge < -0.3 is 19.7 Å². The number of ether oxygens (including phenoxy) is 1. The van der Waals surface area contributed by atoms with Crippen LogP contribution >= 0.6 is 0 Å². The summed E-state index contributed by atoms with van der Waals surface area (Å²) in [6.07, 6.45) is 3.28. The largest absolute Gasteiger partial charge is 0.507 e. The Labute approximate surface area is 216 Å². The van der Waals surface area contributed by atoms with Crippen LogP contribution in [0.1, 0.15) is 76.7 Å². The zero-order valence-corrected chi connectivity index (χ0v) is 21.7. The maximum absolute atomic E-state index is 13.4. The van der Waals surface area contributed by atoms with Crippen molar-refractivity contribution in [2.24, 2.45) is 0 Å². The number of likely N-dealkylation sites (tertiary alicyclic amines) is 1. The van der Waals surface area contributed by atoms with Crippen molar-refractivity contribution in [2.45, 2.75) is 53.1 Å². The van der Waals surface area contributed by atoms with Gasteiger partial charge in [-0.15, -0.1) is 0 Å². The molecule has 0 spiro atoms. The number of carbonyl (C=O) groups excluding carboxylic acids is 3. The van der Waals surface area contributed by atoms with Crippen molar-refractivity contribution in [1.82, 2.24) is 14.9 Å². The average molecular weight is 502 g/mol. The van der Waals surface area contributed by atoms with Crippen molar-refractivity contribution in [2.75, 3.05) is 6.61 Å². The van der Waals surface area contributed by atoms with Gasteiger partial charge >= 0.3 is 5.97 Å². The lowest BCUT2D eigenvalue weighted by molar-refractivity contribution is -0.140. The summed E-state index contributed by atoms with van der Waals surface area (Å²) in [6.45, 7) is 9.59. The Morgan fingerprint density at radius 3 is 2.46 bits per heavy atom. The van der Waals surface area contributed by atoms with Crippen molar-refractivity contribution in [3.63, 3.8) is 0 Å². The van der Waals surface area contributed by atoms with Gasteiger partial charge in [-0.2, -0.15) is 0 Å². The fourth-order valence-corrected chi connectivity index (χ4v) is 4.79. The number of esters is 1. The number of nitrogens with zero attached hydrogens (tertiary/aromatic N) is 2. The van der Waals surface area contributed by atoms with E-state index in [9.17, 15) is 19.5 Å². The van der Waals surface area contributed by atoms with Crippen LogP contribution in [0.2, 0.25) is 0 Å². The van der Waals surface area contributed by atoms with E-state index in [1.54, 1.807) is 39.2 Å². The quantitative estimate of drug-likeness (QED) is 0.205. The minimum atomic E-state index is -0.818. The summed E-state index contributed by atoms with van der Waals surface area (Å²) in [4.78, 5) is 47.7. The first-order valence-corrected chi connectivity index (χ1v) is 12.3. The first-order valence-electron chi connectivity index (χ1n) is 12.3. The number of hydrogen-bond donors (Lipinski definition) is 2. The molecule has 8 heteroatoms. The topological polar surface area (TPSA) is 113 Å². The smallest absolute Gasteiger partial charge is 0.355 e. The lowest BCUT2D eigenvalue weighted by Gasteiger charge is -2.25. The van der Waals surface area contributed by atoms with Crippen LogP contribution in [0, 0.1) is 13.8 Å². The molecule has 192 valence electrons. The monoisotopic (exact) mass is 501 g/mol. The Kier molecular flexibility index (Phi) is 7.29. The summed E-state index contributed by atoms with van der Waals surface area (Å²) in [7, 11) is 0. The maximum atomic E-state index is 13.4. The third-order valence-corrected chi connectivity index (χ3v) is 6.69. The van der Waals surface area contributed by atoms with Gasteiger partial charge in [-0.1, -0.05) is 44.2 Å². The summed E-state index contributed by atoms with van der Waals surface area (Å²) in [5.41, 5.74) is 3.99. The van der Waals surface area contributed by atoms with Crippen LogP contribution in [-0.2, 0) is 20.9 Å². The standard InChI is InChI=1S/C29H31N3O5/c1-6-37-29(36)24-17(4)22(18(5)31-24)26(33)23-25(21-11-9-20(10-12-21)16(2)3)32(28(35)27(23)34)15-19-8-7-13-30-14-19/h7-14,16,25,31,33H,6,15H2,1-5H3/t25-/m1/s1. The molecule has 1 amide bonds. The molecular formula is C29H31N3O5. The summed E-state index contributed by atoms with van der Waals surface area (Å²) >= 11 is 0. The molecule has 1 fully saturated rings. The van der Waals surface area contributed by atoms with Gasteiger partial charge in [-0.3, -0.25) is 14.6 Å². The van der Waals surface area contributed by atoms with E-state index in [1.165, 1.54) is 4.90 Å².